The molecule has 0 saturated heterocycles. The van der Waals surface area contributed by atoms with E-state index in [0.29, 0.717) is 12.4 Å². The number of carbonyl (C=O) groups is 1. The Hall–Kier alpha value is -3.13. The van der Waals surface area contributed by atoms with Crippen LogP contribution in [0.4, 0.5) is 52.7 Å². The predicted molar refractivity (Wildman–Crippen MR) is 122 cm³/mol. The molecule has 0 aromatic heterocycles. The first kappa shape index (κ1) is 34.1. The van der Waals surface area contributed by atoms with Crippen molar-refractivity contribution < 1.29 is 67.0 Å². The van der Waals surface area contributed by atoms with E-state index in [9.17, 15) is 57.5 Å². The number of hydrogen-bond donors (Lipinski definition) is 0. The lowest BCUT2D eigenvalue weighted by atomic mass is 9.94. The number of rotatable bonds is 16. The minimum absolute atomic E-state index is 0.0527. The Morgan fingerprint density at radius 3 is 1.56 bits per heavy atom. The summed E-state index contributed by atoms with van der Waals surface area (Å²) in [5.74, 6) is -36.6. The number of halogens is 12. The number of alkyl halides is 12. The van der Waals surface area contributed by atoms with Crippen molar-refractivity contribution in [3.05, 3.63) is 59.7 Å². The van der Waals surface area contributed by atoms with Crippen LogP contribution in [0.2, 0.25) is 0 Å². The minimum atomic E-state index is -7.63. The third-order valence-electron chi connectivity index (χ3n) is 5.86. The van der Waals surface area contributed by atoms with Gasteiger partial charge in [0.25, 0.3) is 0 Å². The van der Waals surface area contributed by atoms with E-state index in [1.54, 1.807) is 0 Å². The molecule has 0 unspecified atom stereocenters. The molecule has 2 aromatic carbocycles. The van der Waals surface area contributed by atoms with E-state index < -0.39 is 54.2 Å². The van der Waals surface area contributed by atoms with Crippen LogP contribution in [-0.2, 0) is 0 Å². The van der Waals surface area contributed by atoms with Crippen LogP contribution in [-0.4, -0.2) is 55.0 Å². The lowest BCUT2D eigenvalue weighted by Gasteiger charge is -2.39. The molecule has 0 aliphatic rings. The van der Waals surface area contributed by atoms with Crippen molar-refractivity contribution in [2.45, 2.75) is 68.6 Å². The highest BCUT2D eigenvalue weighted by Gasteiger charge is 2.87. The Morgan fingerprint density at radius 1 is 0.659 bits per heavy atom. The Bertz CT molecular complexity index is 1130. The van der Waals surface area contributed by atoms with Gasteiger partial charge in [0.05, 0.1) is 6.61 Å². The number of ether oxygens (including phenoxy) is 2. The molecule has 230 valence electrons. The second-order valence-corrected chi connectivity index (χ2v) is 8.93. The SMILES string of the molecule is CCCCCCOc1ccc(C(=O)c2ccc(OCC(F)(F)C(F)(F)C(F)(F)C(F)(F)C(F)(F)C(F)F)cc2)cc1. The van der Waals surface area contributed by atoms with Crippen molar-refractivity contribution >= 4 is 5.78 Å². The first-order valence-corrected chi connectivity index (χ1v) is 12.0. The van der Waals surface area contributed by atoms with E-state index in [1.165, 1.54) is 24.3 Å². The summed E-state index contributed by atoms with van der Waals surface area (Å²) < 4.78 is 169. The molecular formula is C26H24F12O3. The zero-order valence-corrected chi connectivity index (χ0v) is 21.2. The number of carbonyl (C=O) groups excluding carboxylic acids is 1. The third-order valence-corrected chi connectivity index (χ3v) is 5.86. The fraction of sp³-hybridized carbons (Fsp3) is 0.500. The molecule has 0 heterocycles. The second-order valence-electron chi connectivity index (χ2n) is 8.93. The van der Waals surface area contributed by atoms with E-state index in [1.807, 2.05) is 0 Å². The minimum Gasteiger partial charge on any atom is -0.494 e. The van der Waals surface area contributed by atoms with Crippen LogP contribution in [0.15, 0.2) is 48.5 Å². The fourth-order valence-electron chi connectivity index (χ4n) is 3.33. The van der Waals surface area contributed by atoms with Gasteiger partial charge in [0.15, 0.2) is 12.4 Å². The van der Waals surface area contributed by atoms with E-state index >= 15 is 0 Å². The largest absolute Gasteiger partial charge is 0.494 e. The van der Waals surface area contributed by atoms with E-state index in [2.05, 4.69) is 11.7 Å². The van der Waals surface area contributed by atoms with Crippen LogP contribution < -0.4 is 9.47 Å². The van der Waals surface area contributed by atoms with Crippen molar-refractivity contribution in [2.24, 2.45) is 0 Å². The molecule has 2 aromatic rings. The van der Waals surface area contributed by atoms with Crippen molar-refractivity contribution in [3.63, 3.8) is 0 Å². The van der Waals surface area contributed by atoms with Crippen LogP contribution in [0.3, 0.4) is 0 Å². The Labute approximate surface area is 226 Å². The van der Waals surface area contributed by atoms with E-state index in [-0.39, 0.29) is 11.1 Å². The summed E-state index contributed by atoms with van der Waals surface area (Å²) in [5, 5.41) is 0. The van der Waals surface area contributed by atoms with Crippen LogP contribution >= 0.6 is 0 Å². The molecule has 3 nitrogen and oxygen atoms in total. The summed E-state index contributed by atoms with van der Waals surface area (Å²) >= 11 is 0. The van der Waals surface area contributed by atoms with Gasteiger partial charge in [-0.25, -0.2) is 8.78 Å². The highest BCUT2D eigenvalue weighted by molar-refractivity contribution is 6.09. The van der Waals surface area contributed by atoms with Gasteiger partial charge in [-0.05, 0) is 55.0 Å². The fourth-order valence-corrected chi connectivity index (χ4v) is 3.33. The summed E-state index contributed by atoms with van der Waals surface area (Å²) in [7, 11) is 0. The van der Waals surface area contributed by atoms with Gasteiger partial charge in [0, 0.05) is 11.1 Å². The Balaban J connectivity index is 2.07. The maximum absolute atomic E-state index is 13.9. The summed E-state index contributed by atoms with van der Waals surface area (Å²) in [5.41, 5.74) is 0.120. The molecule has 0 atom stereocenters. The normalized spacial score (nSPS) is 13.4. The quantitative estimate of drug-likeness (QED) is 0.108. The molecule has 0 amide bonds. The average Bonchev–Trinajstić information content (AvgIpc) is 2.91. The topological polar surface area (TPSA) is 35.5 Å². The van der Waals surface area contributed by atoms with Gasteiger partial charge >= 0.3 is 36.0 Å². The van der Waals surface area contributed by atoms with E-state index in [0.717, 1.165) is 49.9 Å². The molecule has 0 radical (unpaired) electrons. The monoisotopic (exact) mass is 612 g/mol. The van der Waals surface area contributed by atoms with Gasteiger partial charge in [0.1, 0.15) is 11.5 Å². The summed E-state index contributed by atoms with van der Waals surface area (Å²) in [6, 6.07) is 9.47. The van der Waals surface area contributed by atoms with Crippen LogP contribution in [0.1, 0.15) is 48.5 Å². The van der Waals surface area contributed by atoms with Gasteiger partial charge < -0.3 is 9.47 Å². The number of ketones is 1. The molecule has 0 bridgehead atoms. The second kappa shape index (κ2) is 12.8. The average molecular weight is 612 g/mol. The van der Waals surface area contributed by atoms with Crippen LogP contribution in [0, 0.1) is 0 Å². The maximum atomic E-state index is 13.9. The molecule has 0 aliphatic carbocycles. The zero-order chi connectivity index (χ0) is 31.3. The summed E-state index contributed by atoms with van der Waals surface area (Å²) in [4.78, 5) is 12.6. The Morgan fingerprint density at radius 2 is 1.12 bits per heavy atom. The van der Waals surface area contributed by atoms with Gasteiger partial charge in [-0.2, -0.15) is 43.9 Å². The van der Waals surface area contributed by atoms with Gasteiger partial charge in [-0.1, -0.05) is 26.2 Å². The van der Waals surface area contributed by atoms with Crippen LogP contribution in [0.5, 0.6) is 11.5 Å². The molecule has 0 fully saturated rings. The highest BCUT2D eigenvalue weighted by Crippen LogP contribution is 2.58. The van der Waals surface area contributed by atoms with Crippen molar-refractivity contribution in [1.29, 1.82) is 0 Å². The highest BCUT2D eigenvalue weighted by atomic mass is 19.4. The molecule has 0 spiro atoms. The molecule has 0 aliphatic heterocycles. The smallest absolute Gasteiger partial charge is 0.384 e. The number of benzene rings is 2. The Kier molecular flexibility index (Phi) is 10.6. The summed E-state index contributed by atoms with van der Waals surface area (Å²) in [6.45, 7) is -0.202. The lowest BCUT2D eigenvalue weighted by Crippen LogP contribution is -2.69. The predicted octanol–water partition coefficient (Wildman–Crippen LogP) is 8.70. The molecule has 0 N–H and O–H groups in total. The molecule has 0 saturated carbocycles. The molecular weight excluding hydrogens is 588 g/mol. The van der Waals surface area contributed by atoms with Crippen molar-refractivity contribution in [1.82, 2.24) is 0 Å². The number of unbranched alkanes of at least 4 members (excludes halogenated alkanes) is 3. The molecule has 2 rings (SSSR count). The van der Waals surface area contributed by atoms with Crippen molar-refractivity contribution in [3.8, 4) is 11.5 Å². The summed E-state index contributed by atoms with van der Waals surface area (Å²) in [6.07, 6.45) is -1.61. The van der Waals surface area contributed by atoms with E-state index in [4.69, 9.17) is 4.74 Å². The molecule has 15 heteroatoms. The van der Waals surface area contributed by atoms with Gasteiger partial charge in [0.2, 0.25) is 0 Å². The first-order chi connectivity index (χ1) is 18.8. The van der Waals surface area contributed by atoms with Crippen molar-refractivity contribution in [2.75, 3.05) is 13.2 Å². The van der Waals surface area contributed by atoms with Crippen LogP contribution in [0.25, 0.3) is 0 Å². The maximum Gasteiger partial charge on any atom is 0.384 e. The number of hydrogen-bond acceptors (Lipinski definition) is 3. The standard InChI is InChI=1S/C26H24F12O3/c1-2-3-4-5-14-40-18-10-6-16(7-11-18)20(39)17-8-12-19(13-9-17)41-15-22(29,30)24(33,34)26(37,38)25(35,36)23(31,32)21(27)28/h6-13,21H,2-5,14-15H2,1H3. The zero-order valence-electron chi connectivity index (χ0n) is 21.2. The molecule has 41 heavy (non-hydrogen) atoms. The first-order valence-electron chi connectivity index (χ1n) is 12.0. The van der Waals surface area contributed by atoms with Gasteiger partial charge in [-0.15, -0.1) is 0 Å². The third kappa shape index (κ3) is 7.03. The lowest BCUT2D eigenvalue weighted by molar-refractivity contribution is -0.414. The van der Waals surface area contributed by atoms with Gasteiger partial charge in [-0.3, -0.25) is 4.79 Å².